The number of imide groups is 1. The molecule has 4 rings (SSSR count). The molecule has 8 nitrogen and oxygen atoms in total. The number of aliphatic hydroxyl groups excluding tert-OH is 1. The number of aliphatic hydroxyl groups is 1. The highest BCUT2D eigenvalue weighted by Crippen LogP contribution is 2.49. The van der Waals surface area contributed by atoms with Crippen LogP contribution in [0.5, 0.6) is 5.75 Å². The summed E-state index contributed by atoms with van der Waals surface area (Å²) < 4.78 is 6.22. The summed E-state index contributed by atoms with van der Waals surface area (Å²) in [5.41, 5.74) is 4.04. The molecule has 1 aliphatic carbocycles. The van der Waals surface area contributed by atoms with Crippen molar-refractivity contribution in [2.45, 2.75) is 70.8 Å². The lowest BCUT2D eigenvalue weighted by Crippen LogP contribution is -2.35. The zero-order valence-electron chi connectivity index (χ0n) is 22.1. The number of aromatic hydroxyl groups is 1. The van der Waals surface area contributed by atoms with Crippen LogP contribution in [-0.4, -0.2) is 63.9 Å². The van der Waals surface area contributed by atoms with E-state index in [-0.39, 0.29) is 42.6 Å². The summed E-state index contributed by atoms with van der Waals surface area (Å²) in [5.74, 6) is -2.04. The number of carbonyl (C=O) groups is 3. The number of carbonyl (C=O) groups excluding carboxylic acids is 2. The molecule has 2 aliphatic heterocycles. The van der Waals surface area contributed by atoms with Gasteiger partial charge in [0.1, 0.15) is 5.75 Å². The van der Waals surface area contributed by atoms with Crippen LogP contribution in [0.3, 0.4) is 0 Å². The minimum atomic E-state index is -0.841. The number of amides is 2. The van der Waals surface area contributed by atoms with Crippen LogP contribution in [0.25, 0.3) is 6.08 Å². The van der Waals surface area contributed by atoms with Crippen molar-refractivity contribution >= 4 is 23.9 Å². The normalized spacial score (nSPS) is 25.2. The van der Waals surface area contributed by atoms with Crippen molar-refractivity contribution in [1.82, 2.24) is 4.90 Å². The molecule has 0 saturated carbocycles. The first kappa shape index (κ1) is 28.0. The summed E-state index contributed by atoms with van der Waals surface area (Å²) in [6.45, 7) is 2.67. The molecule has 8 heteroatoms. The second kappa shape index (κ2) is 12.7. The molecule has 0 unspecified atom stereocenters. The number of fused-ring (bicyclic) bond motifs is 3. The van der Waals surface area contributed by atoms with Gasteiger partial charge in [0, 0.05) is 18.9 Å². The Morgan fingerprint density at radius 1 is 1.11 bits per heavy atom. The number of hydrogen-bond donors (Lipinski definition) is 3. The zero-order valence-corrected chi connectivity index (χ0v) is 22.1. The van der Waals surface area contributed by atoms with E-state index in [4.69, 9.17) is 9.84 Å². The maximum Gasteiger partial charge on any atom is 0.303 e. The van der Waals surface area contributed by atoms with Gasteiger partial charge in [-0.2, -0.15) is 0 Å². The van der Waals surface area contributed by atoms with E-state index in [0.29, 0.717) is 38.8 Å². The predicted octanol–water partition coefficient (Wildman–Crippen LogP) is 4.31. The first-order valence-corrected chi connectivity index (χ1v) is 13.8. The maximum atomic E-state index is 13.4. The Balaban J connectivity index is 1.44. The van der Waals surface area contributed by atoms with Crippen LogP contribution in [0.4, 0.5) is 0 Å². The molecule has 0 bridgehead atoms. The second-order valence-corrected chi connectivity index (χ2v) is 10.7. The van der Waals surface area contributed by atoms with Gasteiger partial charge in [-0.25, -0.2) is 0 Å². The number of phenolic OH excluding ortho intramolecular Hbond substituents is 1. The van der Waals surface area contributed by atoms with Crippen molar-refractivity contribution in [3.63, 3.8) is 0 Å². The Morgan fingerprint density at radius 2 is 1.92 bits per heavy atom. The number of rotatable bonds is 13. The lowest BCUT2D eigenvalue weighted by atomic mass is 9.69. The Bertz CT molecular complexity index is 1110. The van der Waals surface area contributed by atoms with E-state index in [2.05, 4.69) is 13.0 Å². The van der Waals surface area contributed by atoms with Gasteiger partial charge in [0.15, 0.2) is 0 Å². The van der Waals surface area contributed by atoms with Gasteiger partial charge in [-0.1, -0.05) is 43.5 Å². The summed E-state index contributed by atoms with van der Waals surface area (Å²) in [4.78, 5) is 38.7. The van der Waals surface area contributed by atoms with Crippen LogP contribution >= 0.6 is 0 Å². The number of benzene rings is 1. The molecule has 2 heterocycles. The van der Waals surface area contributed by atoms with Gasteiger partial charge >= 0.3 is 5.97 Å². The molecule has 38 heavy (non-hydrogen) atoms. The summed E-state index contributed by atoms with van der Waals surface area (Å²) in [6, 6.07) is 7.18. The van der Waals surface area contributed by atoms with Crippen molar-refractivity contribution in [1.29, 1.82) is 0 Å². The number of likely N-dealkylation sites (tertiary alicyclic amines) is 1. The molecule has 2 saturated heterocycles. The Hall–Kier alpha value is -2.97. The van der Waals surface area contributed by atoms with Crippen LogP contribution in [-0.2, 0) is 19.1 Å². The Kier molecular flexibility index (Phi) is 9.39. The van der Waals surface area contributed by atoms with Gasteiger partial charge in [-0.3, -0.25) is 19.3 Å². The lowest BCUT2D eigenvalue weighted by molar-refractivity contribution is -0.141. The molecule has 206 valence electrons. The Morgan fingerprint density at radius 3 is 2.63 bits per heavy atom. The third kappa shape index (κ3) is 6.18. The van der Waals surface area contributed by atoms with E-state index < -0.39 is 17.8 Å². The van der Waals surface area contributed by atoms with E-state index in [1.165, 1.54) is 10.5 Å². The fraction of sp³-hybridized carbons (Fsp3) is 0.567. The molecule has 0 radical (unpaired) electrons. The zero-order chi connectivity index (χ0) is 27.2. The summed E-state index contributed by atoms with van der Waals surface area (Å²) >= 11 is 0. The van der Waals surface area contributed by atoms with Crippen LogP contribution in [0.1, 0.15) is 70.3 Å². The monoisotopic (exact) mass is 525 g/mol. The summed E-state index contributed by atoms with van der Waals surface area (Å²) in [7, 11) is 0. The first-order valence-electron chi connectivity index (χ1n) is 13.8. The highest BCUT2D eigenvalue weighted by molar-refractivity contribution is 6.06. The molecule has 0 spiro atoms. The number of nitrogens with zero attached hydrogens (tertiary/aromatic N) is 1. The van der Waals surface area contributed by atoms with E-state index in [9.17, 15) is 24.6 Å². The SMILES string of the molecule is CCC/C(=C\c1cccc(O)c1)CC[C@H]1OC[C@H]2C1=C(CO)C[C@H]1C(=O)N(CCCCCC(=O)O)C(=O)[C@H]12. The third-order valence-electron chi connectivity index (χ3n) is 8.10. The number of unbranched alkanes of at least 4 members (excludes halogenated alkanes) is 2. The number of hydrogen-bond acceptors (Lipinski definition) is 6. The molecule has 0 aromatic heterocycles. The fourth-order valence-corrected chi connectivity index (χ4v) is 6.38. The number of ether oxygens (including phenoxy) is 1. The standard InChI is InChI=1S/C30H39NO7/c1-2-7-19(14-20-8-6-9-22(33)15-20)11-12-25-27-21(17-32)16-23-28(24(27)18-38-25)30(37)31(29(23)36)13-5-3-4-10-26(34)35/h6,8-9,14-15,23-25,28,32-33H,2-5,7,10-13,16-18H2,1H3,(H,34,35)/b19-14+/t23-,24+,25-,28-/m1/s1. The smallest absolute Gasteiger partial charge is 0.303 e. The predicted molar refractivity (Wildman–Crippen MR) is 142 cm³/mol. The van der Waals surface area contributed by atoms with Gasteiger partial charge in [-0.05, 0) is 67.4 Å². The van der Waals surface area contributed by atoms with Crippen molar-refractivity contribution in [3.05, 3.63) is 46.5 Å². The van der Waals surface area contributed by atoms with Crippen LogP contribution in [0.15, 0.2) is 41.0 Å². The van der Waals surface area contributed by atoms with Crippen molar-refractivity contribution in [2.75, 3.05) is 19.8 Å². The van der Waals surface area contributed by atoms with Crippen LogP contribution < -0.4 is 0 Å². The average molecular weight is 526 g/mol. The quantitative estimate of drug-likeness (QED) is 0.199. The number of aliphatic carboxylic acids is 1. The fourth-order valence-electron chi connectivity index (χ4n) is 6.38. The number of allylic oxidation sites excluding steroid dienone is 1. The molecular weight excluding hydrogens is 486 g/mol. The van der Waals surface area contributed by atoms with E-state index >= 15 is 0 Å². The van der Waals surface area contributed by atoms with Gasteiger partial charge in [-0.15, -0.1) is 0 Å². The third-order valence-corrected chi connectivity index (χ3v) is 8.10. The molecule has 3 N–H and O–H groups in total. The first-order chi connectivity index (χ1) is 18.3. The van der Waals surface area contributed by atoms with Crippen LogP contribution in [0.2, 0.25) is 0 Å². The maximum absolute atomic E-state index is 13.4. The number of carboxylic acids is 1. The largest absolute Gasteiger partial charge is 0.508 e. The summed E-state index contributed by atoms with van der Waals surface area (Å²) in [5, 5.41) is 28.8. The number of carboxylic acid groups (broad SMARTS) is 1. The highest BCUT2D eigenvalue weighted by Gasteiger charge is 2.56. The Labute approximate surface area is 224 Å². The van der Waals surface area contributed by atoms with E-state index in [1.54, 1.807) is 12.1 Å². The molecule has 2 amide bonds. The van der Waals surface area contributed by atoms with Crippen LogP contribution in [0, 0.1) is 17.8 Å². The molecule has 2 fully saturated rings. The van der Waals surface area contributed by atoms with Gasteiger partial charge in [0.2, 0.25) is 11.8 Å². The molecule has 1 aromatic carbocycles. The van der Waals surface area contributed by atoms with E-state index in [0.717, 1.165) is 42.4 Å². The van der Waals surface area contributed by atoms with Gasteiger partial charge < -0.3 is 20.1 Å². The van der Waals surface area contributed by atoms with Gasteiger partial charge in [0.25, 0.3) is 0 Å². The van der Waals surface area contributed by atoms with Gasteiger partial charge in [0.05, 0.1) is 31.2 Å². The van der Waals surface area contributed by atoms with Crippen molar-refractivity contribution < 1.29 is 34.4 Å². The molecule has 1 aromatic rings. The number of phenols is 1. The lowest BCUT2D eigenvalue weighted by Gasteiger charge is -2.31. The minimum Gasteiger partial charge on any atom is -0.508 e. The average Bonchev–Trinajstić information content (AvgIpc) is 3.41. The molecule has 4 atom stereocenters. The highest BCUT2D eigenvalue weighted by atomic mass is 16.5. The second-order valence-electron chi connectivity index (χ2n) is 10.7. The van der Waals surface area contributed by atoms with Crippen molar-refractivity contribution in [2.24, 2.45) is 17.8 Å². The van der Waals surface area contributed by atoms with E-state index in [1.807, 2.05) is 12.1 Å². The summed E-state index contributed by atoms with van der Waals surface area (Å²) in [6.07, 6.45) is 7.60. The molecule has 3 aliphatic rings. The molecular formula is C30H39NO7. The minimum absolute atomic E-state index is 0.0874. The topological polar surface area (TPSA) is 124 Å². The van der Waals surface area contributed by atoms with Crippen molar-refractivity contribution in [3.8, 4) is 5.75 Å².